The van der Waals surface area contributed by atoms with Crippen LogP contribution in [0.1, 0.15) is 33.8 Å². The number of fused-ring (bicyclic) bond motifs is 1. The van der Waals surface area contributed by atoms with Crippen LogP contribution in [0.15, 0.2) is 88.1 Å². The van der Waals surface area contributed by atoms with Gasteiger partial charge in [0.1, 0.15) is 11.3 Å². The minimum Gasteiger partial charge on any atom is -0.507 e. The molecule has 1 N–H and O–H groups in total. The predicted octanol–water partition coefficient (Wildman–Crippen LogP) is 4.81. The number of hydrogen-bond acceptors (Lipinski definition) is 6. The molecule has 154 valence electrons. The number of carbonyl (C=O) groups excluding carboxylic acids is 1. The molecule has 0 spiro atoms. The minimum absolute atomic E-state index is 0.108. The molecule has 1 aromatic heterocycles. The van der Waals surface area contributed by atoms with Gasteiger partial charge in [0, 0.05) is 30.0 Å². The van der Waals surface area contributed by atoms with E-state index in [2.05, 4.69) is 0 Å². The first-order valence-corrected chi connectivity index (χ1v) is 9.53. The van der Waals surface area contributed by atoms with Crippen molar-refractivity contribution in [1.29, 1.82) is 0 Å². The van der Waals surface area contributed by atoms with Crippen molar-refractivity contribution in [3.63, 3.8) is 0 Å². The molecule has 0 amide bonds. The third-order valence-corrected chi connectivity index (χ3v) is 5.14. The van der Waals surface area contributed by atoms with Crippen LogP contribution < -0.4 is 5.63 Å². The Hall–Kier alpha value is -4.26. The molecule has 0 radical (unpaired) electrons. The number of non-ortho nitro benzene ring substituents is 1. The number of carbonyl (C=O) groups is 1. The Kier molecular flexibility index (Phi) is 5.32. The van der Waals surface area contributed by atoms with Gasteiger partial charge in [-0.15, -0.1) is 0 Å². The molecule has 4 rings (SSSR count). The summed E-state index contributed by atoms with van der Waals surface area (Å²) in [4.78, 5) is 36.5. The van der Waals surface area contributed by atoms with Gasteiger partial charge >= 0.3 is 5.63 Å². The SMILES string of the molecule is O=C(CC(c1cccc([N+](=O)[O-])c1)c1c(O)c2ccccc2oc1=O)c1ccccc1. The second-order valence-corrected chi connectivity index (χ2v) is 7.05. The average molecular weight is 415 g/mol. The summed E-state index contributed by atoms with van der Waals surface area (Å²) in [5.41, 5.74) is -0.0868. The van der Waals surface area contributed by atoms with Crippen molar-refractivity contribution < 1.29 is 19.2 Å². The fourth-order valence-corrected chi connectivity index (χ4v) is 3.62. The fraction of sp³-hybridized carbons (Fsp3) is 0.0833. The maximum atomic E-state index is 13.0. The molecule has 1 heterocycles. The molecule has 7 heteroatoms. The minimum atomic E-state index is -0.937. The molecular formula is C24H17NO6. The summed E-state index contributed by atoms with van der Waals surface area (Å²) >= 11 is 0. The number of nitro groups is 1. The summed E-state index contributed by atoms with van der Waals surface area (Å²) in [6.07, 6.45) is -0.179. The number of aromatic hydroxyl groups is 1. The molecule has 7 nitrogen and oxygen atoms in total. The van der Waals surface area contributed by atoms with Crippen LogP contribution in [0.4, 0.5) is 5.69 Å². The molecule has 0 aliphatic heterocycles. The maximum absolute atomic E-state index is 13.0. The second kappa shape index (κ2) is 8.23. The number of ketones is 1. The van der Waals surface area contributed by atoms with Crippen molar-refractivity contribution in [3.8, 4) is 5.75 Å². The van der Waals surface area contributed by atoms with Crippen molar-refractivity contribution in [3.05, 3.63) is 116 Å². The number of Topliss-reactive ketones (excluding diaryl/α,β-unsaturated/α-hetero) is 1. The van der Waals surface area contributed by atoms with Crippen LogP contribution >= 0.6 is 0 Å². The van der Waals surface area contributed by atoms with Crippen molar-refractivity contribution >= 4 is 22.4 Å². The maximum Gasteiger partial charge on any atom is 0.343 e. The van der Waals surface area contributed by atoms with E-state index in [4.69, 9.17) is 4.42 Å². The molecule has 0 aliphatic rings. The smallest absolute Gasteiger partial charge is 0.343 e. The third-order valence-electron chi connectivity index (χ3n) is 5.14. The van der Waals surface area contributed by atoms with E-state index in [1.54, 1.807) is 60.7 Å². The van der Waals surface area contributed by atoms with E-state index in [0.717, 1.165) is 0 Å². The molecule has 1 unspecified atom stereocenters. The topological polar surface area (TPSA) is 111 Å². The lowest BCUT2D eigenvalue weighted by atomic mass is 9.85. The van der Waals surface area contributed by atoms with Gasteiger partial charge in [0.05, 0.1) is 15.9 Å². The summed E-state index contributed by atoms with van der Waals surface area (Å²) in [5, 5.41) is 22.5. The summed E-state index contributed by atoms with van der Waals surface area (Å²) < 4.78 is 5.38. The Morgan fingerprint density at radius 2 is 1.71 bits per heavy atom. The van der Waals surface area contributed by atoms with Crippen molar-refractivity contribution in [1.82, 2.24) is 0 Å². The van der Waals surface area contributed by atoms with Crippen LogP contribution in [0.25, 0.3) is 11.0 Å². The first kappa shape index (κ1) is 20.0. The number of para-hydroxylation sites is 1. The van der Waals surface area contributed by atoms with Gasteiger partial charge in [-0.3, -0.25) is 14.9 Å². The van der Waals surface area contributed by atoms with Crippen LogP contribution in [0.2, 0.25) is 0 Å². The summed E-state index contributed by atoms with van der Waals surface area (Å²) in [5.74, 6) is -1.51. The van der Waals surface area contributed by atoms with Crippen molar-refractivity contribution in [2.24, 2.45) is 0 Å². The molecule has 0 fully saturated rings. The summed E-state index contributed by atoms with van der Waals surface area (Å²) in [7, 11) is 0. The number of benzene rings is 3. The normalized spacial score (nSPS) is 11.9. The quantitative estimate of drug-likeness (QED) is 0.209. The zero-order valence-electron chi connectivity index (χ0n) is 16.2. The van der Waals surface area contributed by atoms with E-state index >= 15 is 0 Å². The average Bonchev–Trinajstić information content (AvgIpc) is 2.79. The Bertz CT molecular complexity index is 1340. The monoisotopic (exact) mass is 415 g/mol. The summed E-state index contributed by atoms with van der Waals surface area (Å²) in [6.45, 7) is 0. The van der Waals surface area contributed by atoms with E-state index in [-0.39, 0.29) is 34.8 Å². The van der Waals surface area contributed by atoms with E-state index < -0.39 is 16.5 Å². The van der Waals surface area contributed by atoms with E-state index in [1.807, 2.05) is 0 Å². The highest BCUT2D eigenvalue weighted by atomic mass is 16.6. The molecular weight excluding hydrogens is 398 g/mol. The lowest BCUT2D eigenvalue weighted by Crippen LogP contribution is -2.17. The zero-order valence-corrected chi connectivity index (χ0v) is 16.2. The Morgan fingerprint density at radius 1 is 1.00 bits per heavy atom. The molecule has 0 aliphatic carbocycles. The Balaban J connectivity index is 1.90. The highest BCUT2D eigenvalue weighted by molar-refractivity contribution is 5.97. The third kappa shape index (κ3) is 3.93. The van der Waals surface area contributed by atoms with Gasteiger partial charge in [-0.2, -0.15) is 0 Å². The van der Waals surface area contributed by atoms with Crippen LogP contribution in [0.3, 0.4) is 0 Å². The van der Waals surface area contributed by atoms with Crippen LogP contribution in [-0.4, -0.2) is 15.8 Å². The fourth-order valence-electron chi connectivity index (χ4n) is 3.62. The van der Waals surface area contributed by atoms with Gasteiger partial charge in [0.15, 0.2) is 5.78 Å². The first-order chi connectivity index (χ1) is 15.0. The van der Waals surface area contributed by atoms with Gasteiger partial charge < -0.3 is 9.52 Å². The molecule has 0 saturated carbocycles. The van der Waals surface area contributed by atoms with Gasteiger partial charge in [-0.25, -0.2) is 4.79 Å². The van der Waals surface area contributed by atoms with Crippen LogP contribution in [-0.2, 0) is 0 Å². The number of nitrogens with zero attached hydrogens (tertiary/aromatic N) is 1. The lowest BCUT2D eigenvalue weighted by molar-refractivity contribution is -0.384. The van der Waals surface area contributed by atoms with E-state index in [0.29, 0.717) is 16.5 Å². The molecule has 0 saturated heterocycles. The Labute approximate surface area is 176 Å². The zero-order chi connectivity index (χ0) is 22.0. The number of hydrogen-bond donors (Lipinski definition) is 1. The number of nitro benzene ring substituents is 1. The van der Waals surface area contributed by atoms with Gasteiger partial charge in [-0.1, -0.05) is 54.6 Å². The van der Waals surface area contributed by atoms with Crippen LogP contribution in [0, 0.1) is 10.1 Å². The lowest BCUT2D eigenvalue weighted by Gasteiger charge is -2.18. The highest BCUT2D eigenvalue weighted by Crippen LogP contribution is 2.37. The second-order valence-electron chi connectivity index (χ2n) is 7.05. The number of rotatable bonds is 6. The molecule has 31 heavy (non-hydrogen) atoms. The van der Waals surface area contributed by atoms with E-state index in [1.165, 1.54) is 18.2 Å². The molecule has 1 atom stereocenters. The molecule has 3 aromatic carbocycles. The molecule has 0 bridgehead atoms. The van der Waals surface area contributed by atoms with Crippen molar-refractivity contribution in [2.75, 3.05) is 0 Å². The van der Waals surface area contributed by atoms with Gasteiger partial charge in [-0.05, 0) is 17.7 Å². The van der Waals surface area contributed by atoms with E-state index in [9.17, 15) is 24.8 Å². The van der Waals surface area contributed by atoms with Gasteiger partial charge in [0.2, 0.25) is 0 Å². The standard InChI is InChI=1S/C24H17NO6/c26-20(15-7-2-1-3-8-15)14-19(16-9-6-10-17(13-16)25(29)30)22-23(27)18-11-4-5-12-21(18)31-24(22)28/h1-13,19,27H,14H2. The summed E-state index contributed by atoms with van der Waals surface area (Å²) in [6, 6.07) is 20.7. The molecule has 4 aromatic rings. The highest BCUT2D eigenvalue weighted by Gasteiger charge is 2.28. The van der Waals surface area contributed by atoms with Crippen LogP contribution in [0.5, 0.6) is 5.75 Å². The Morgan fingerprint density at radius 3 is 2.45 bits per heavy atom. The largest absolute Gasteiger partial charge is 0.507 e. The first-order valence-electron chi connectivity index (χ1n) is 9.53. The van der Waals surface area contributed by atoms with Gasteiger partial charge in [0.25, 0.3) is 5.69 Å². The van der Waals surface area contributed by atoms with Crippen molar-refractivity contribution in [2.45, 2.75) is 12.3 Å². The predicted molar refractivity (Wildman–Crippen MR) is 114 cm³/mol.